The van der Waals surface area contributed by atoms with E-state index < -0.39 is 0 Å². The minimum Gasteiger partial charge on any atom is -0.456 e. The van der Waals surface area contributed by atoms with E-state index in [-0.39, 0.29) is 0 Å². The minimum absolute atomic E-state index is 0.583. The standard InChI is InChI=1S/C53H33N3O/c1-3-12-34(13-4-1)41-19-11-20-42(30-41)44-32-46(50-48(33-44)57-47-29-28-37-15-9-10-21-45(37)49(47)50)53-55-51(38-16-5-2-6-17-38)54-52(56-53)39-25-22-36(23-26-39)43-27-24-35-14-7-8-18-40(35)31-43/h1-33H. The van der Waals surface area contributed by atoms with Crippen LogP contribution in [0, 0.1) is 0 Å². The predicted molar refractivity (Wildman–Crippen MR) is 235 cm³/mol. The first kappa shape index (κ1) is 32.7. The van der Waals surface area contributed by atoms with Gasteiger partial charge in [-0.1, -0.05) is 170 Å². The van der Waals surface area contributed by atoms with Gasteiger partial charge in [0, 0.05) is 27.5 Å². The second-order valence-corrected chi connectivity index (χ2v) is 14.4. The number of nitrogens with zero attached hydrogens (tertiary/aromatic N) is 3. The topological polar surface area (TPSA) is 51.8 Å². The first-order valence-electron chi connectivity index (χ1n) is 19.2. The summed E-state index contributed by atoms with van der Waals surface area (Å²) in [5, 5.41) is 6.73. The number of furan rings is 1. The van der Waals surface area contributed by atoms with E-state index in [1.807, 2.05) is 36.4 Å². The molecule has 11 aromatic rings. The average Bonchev–Trinajstić information content (AvgIpc) is 3.68. The maximum absolute atomic E-state index is 6.74. The molecule has 0 spiro atoms. The lowest BCUT2D eigenvalue weighted by Gasteiger charge is -2.12. The van der Waals surface area contributed by atoms with E-state index in [0.29, 0.717) is 17.5 Å². The van der Waals surface area contributed by atoms with Crippen molar-refractivity contribution < 1.29 is 4.42 Å². The molecule has 0 amide bonds. The van der Waals surface area contributed by atoms with Gasteiger partial charge in [0.2, 0.25) is 0 Å². The molecule has 266 valence electrons. The van der Waals surface area contributed by atoms with Gasteiger partial charge in [0.25, 0.3) is 0 Å². The zero-order valence-corrected chi connectivity index (χ0v) is 30.8. The Balaban J connectivity index is 1.13. The number of fused-ring (bicyclic) bond motifs is 6. The molecule has 0 saturated carbocycles. The van der Waals surface area contributed by atoms with Crippen LogP contribution in [0.5, 0.6) is 0 Å². The molecular formula is C53H33N3O. The molecule has 4 heteroatoms. The number of hydrogen-bond acceptors (Lipinski definition) is 4. The molecule has 0 fully saturated rings. The largest absolute Gasteiger partial charge is 0.456 e. The Kier molecular flexibility index (Phi) is 7.78. The van der Waals surface area contributed by atoms with Crippen molar-refractivity contribution in [2.75, 3.05) is 0 Å². The fourth-order valence-electron chi connectivity index (χ4n) is 8.04. The molecule has 2 aromatic heterocycles. The zero-order valence-electron chi connectivity index (χ0n) is 30.8. The van der Waals surface area contributed by atoms with E-state index in [4.69, 9.17) is 19.4 Å². The van der Waals surface area contributed by atoms with Crippen molar-refractivity contribution in [3.05, 3.63) is 200 Å². The molecule has 0 bridgehead atoms. The molecule has 0 aliphatic carbocycles. The van der Waals surface area contributed by atoms with Crippen molar-refractivity contribution >= 4 is 43.5 Å². The van der Waals surface area contributed by atoms with Gasteiger partial charge in [-0.2, -0.15) is 0 Å². The van der Waals surface area contributed by atoms with E-state index in [2.05, 4.69) is 164 Å². The second-order valence-electron chi connectivity index (χ2n) is 14.4. The highest BCUT2D eigenvalue weighted by molar-refractivity contribution is 6.23. The SMILES string of the molecule is c1ccc(-c2cccc(-c3cc(-c4nc(-c5ccccc5)nc(-c5ccc(-c6ccc7ccccc7c6)cc5)n4)c4c(c3)oc3ccc5ccccc5c34)c2)cc1. The Morgan fingerprint density at radius 2 is 0.807 bits per heavy atom. The summed E-state index contributed by atoms with van der Waals surface area (Å²) in [6.45, 7) is 0. The fourth-order valence-corrected chi connectivity index (χ4v) is 8.04. The van der Waals surface area contributed by atoms with Gasteiger partial charge >= 0.3 is 0 Å². The van der Waals surface area contributed by atoms with E-state index in [0.717, 1.165) is 82.8 Å². The summed E-state index contributed by atoms with van der Waals surface area (Å²) in [5.41, 5.74) is 11.0. The third-order valence-corrected chi connectivity index (χ3v) is 10.9. The summed E-state index contributed by atoms with van der Waals surface area (Å²) in [6.07, 6.45) is 0. The van der Waals surface area contributed by atoms with Gasteiger partial charge in [0.05, 0.1) is 0 Å². The normalized spacial score (nSPS) is 11.5. The molecule has 11 rings (SSSR count). The van der Waals surface area contributed by atoms with Crippen molar-refractivity contribution in [3.63, 3.8) is 0 Å². The Hall–Kier alpha value is -7.69. The molecule has 57 heavy (non-hydrogen) atoms. The lowest BCUT2D eigenvalue weighted by atomic mass is 9.94. The molecule has 2 heterocycles. The molecule has 0 saturated heterocycles. The van der Waals surface area contributed by atoms with Crippen LogP contribution in [0.2, 0.25) is 0 Å². The molecule has 0 atom stereocenters. The van der Waals surface area contributed by atoms with Crippen molar-refractivity contribution in [2.45, 2.75) is 0 Å². The molecule has 0 aliphatic heterocycles. The molecule has 0 N–H and O–H groups in total. The molecule has 9 aromatic carbocycles. The molecular weight excluding hydrogens is 695 g/mol. The maximum atomic E-state index is 6.74. The van der Waals surface area contributed by atoms with Gasteiger partial charge in [-0.05, 0) is 85.3 Å². The first-order valence-corrected chi connectivity index (χ1v) is 19.2. The molecule has 0 aliphatic rings. The van der Waals surface area contributed by atoms with E-state index in [9.17, 15) is 0 Å². The molecule has 4 nitrogen and oxygen atoms in total. The van der Waals surface area contributed by atoms with Gasteiger partial charge < -0.3 is 4.42 Å². The number of hydrogen-bond donors (Lipinski definition) is 0. The average molecular weight is 728 g/mol. The Bertz CT molecular complexity index is 3280. The van der Waals surface area contributed by atoms with Crippen LogP contribution in [0.1, 0.15) is 0 Å². The van der Waals surface area contributed by atoms with Gasteiger partial charge in [-0.3, -0.25) is 0 Å². The van der Waals surface area contributed by atoms with Crippen molar-refractivity contribution in [2.24, 2.45) is 0 Å². The summed E-state index contributed by atoms with van der Waals surface area (Å²) >= 11 is 0. The lowest BCUT2D eigenvalue weighted by molar-refractivity contribution is 0.669. The van der Waals surface area contributed by atoms with E-state index in [1.54, 1.807) is 0 Å². The Labute approximate surface area is 329 Å². The highest BCUT2D eigenvalue weighted by Gasteiger charge is 2.21. The fraction of sp³-hybridized carbons (Fsp3) is 0. The zero-order chi connectivity index (χ0) is 37.7. The summed E-state index contributed by atoms with van der Waals surface area (Å²) in [7, 11) is 0. The van der Waals surface area contributed by atoms with E-state index >= 15 is 0 Å². The van der Waals surface area contributed by atoms with Gasteiger partial charge in [-0.25, -0.2) is 15.0 Å². The number of rotatable bonds is 6. The van der Waals surface area contributed by atoms with Crippen LogP contribution in [-0.2, 0) is 0 Å². The third-order valence-electron chi connectivity index (χ3n) is 10.9. The van der Waals surface area contributed by atoms with Crippen LogP contribution in [0.3, 0.4) is 0 Å². The van der Waals surface area contributed by atoms with Crippen LogP contribution in [-0.4, -0.2) is 15.0 Å². The summed E-state index contributed by atoms with van der Waals surface area (Å²) in [5.74, 6) is 1.79. The number of benzene rings is 9. The summed E-state index contributed by atoms with van der Waals surface area (Å²) < 4.78 is 6.74. The quantitative estimate of drug-likeness (QED) is 0.171. The van der Waals surface area contributed by atoms with Crippen molar-refractivity contribution in [1.29, 1.82) is 0 Å². The second kappa shape index (κ2) is 13.6. The van der Waals surface area contributed by atoms with Gasteiger partial charge in [0.15, 0.2) is 17.5 Å². The highest BCUT2D eigenvalue weighted by Crippen LogP contribution is 2.43. The van der Waals surface area contributed by atoms with Crippen LogP contribution in [0.15, 0.2) is 205 Å². The number of aromatic nitrogens is 3. The smallest absolute Gasteiger partial charge is 0.164 e. The van der Waals surface area contributed by atoms with Gasteiger partial charge in [0.1, 0.15) is 11.2 Å². The third kappa shape index (κ3) is 5.92. The van der Waals surface area contributed by atoms with Crippen LogP contribution in [0.4, 0.5) is 0 Å². The Morgan fingerprint density at radius 1 is 0.281 bits per heavy atom. The maximum Gasteiger partial charge on any atom is 0.164 e. The molecule has 0 radical (unpaired) electrons. The summed E-state index contributed by atoms with van der Waals surface area (Å²) in [6, 6.07) is 69.9. The van der Waals surface area contributed by atoms with Crippen molar-refractivity contribution in [3.8, 4) is 67.5 Å². The first-order chi connectivity index (χ1) is 28.2. The van der Waals surface area contributed by atoms with E-state index in [1.165, 1.54) is 10.8 Å². The van der Waals surface area contributed by atoms with Crippen LogP contribution in [0.25, 0.3) is 111 Å². The van der Waals surface area contributed by atoms with Crippen LogP contribution >= 0.6 is 0 Å². The Morgan fingerprint density at radius 3 is 1.58 bits per heavy atom. The lowest BCUT2D eigenvalue weighted by Crippen LogP contribution is -2.00. The highest BCUT2D eigenvalue weighted by atomic mass is 16.3. The summed E-state index contributed by atoms with van der Waals surface area (Å²) in [4.78, 5) is 15.6. The van der Waals surface area contributed by atoms with Crippen molar-refractivity contribution in [1.82, 2.24) is 15.0 Å². The predicted octanol–water partition coefficient (Wildman–Crippen LogP) is 14.1. The molecule has 0 unspecified atom stereocenters. The van der Waals surface area contributed by atoms with Gasteiger partial charge in [-0.15, -0.1) is 0 Å². The minimum atomic E-state index is 0.583. The van der Waals surface area contributed by atoms with Crippen LogP contribution < -0.4 is 0 Å². The monoisotopic (exact) mass is 727 g/mol.